The number of hydrogen-bond donors (Lipinski definition) is 1. The van der Waals surface area contributed by atoms with Gasteiger partial charge in [-0.1, -0.05) is 31.2 Å². The minimum Gasteiger partial charge on any atom is -0.497 e. The van der Waals surface area contributed by atoms with Crippen molar-refractivity contribution in [2.75, 3.05) is 57.8 Å². The lowest BCUT2D eigenvalue weighted by molar-refractivity contribution is 0.122. The highest BCUT2D eigenvalue weighted by atomic mass is 16.5. The molecule has 0 saturated carbocycles. The van der Waals surface area contributed by atoms with Crippen molar-refractivity contribution < 1.29 is 14.2 Å². The fourth-order valence-electron chi connectivity index (χ4n) is 3.32. The average Bonchev–Trinajstić information content (AvgIpc) is 2.89. The number of aromatic nitrogens is 2. The number of rotatable bonds is 6. The van der Waals surface area contributed by atoms with Crippen molar-refractivity contribution in [3.63, 3.8) is 0 Å². The predicted molar refractivity (Wildman–Crippen MR) is 129 cm³/mol. The van der Waals surface area contributed by atoms with E-state index in [0.717, 1.165) is 55.5 Å². The Bertz CT molecular complexity index is 911. The van der Waals surface area contributed by atoms with Gasteiger partial charge in [0.2, 0.25) is 0 Å². The summed E-state index contributed by atoms with van der Waals surface area (Å²) in [5.41, 5.74) is 4.43. The molecule has 0 bridgehead atoms. The molecule has 2 aromatic carbocycles. The van der Waals surface area contributed by atoms with Gasteiger partial charge in [0.25, 0.3) is 0 Å². The molecule has 32 heavy (non-hydrogen) atoms. The third-order valence-corrected chi connectivity index (χ3v) is 5.25. The molecule has 0 radical (unpaired) electrons. The minimum absolute atomic E-state index is 0.360. The van der Waals surface area contributed by atoms with E-state index in [0.29, 0.717) is 6.01 Å². The fourth-order valence-corrected chi connectivity index (χ4v) is 3.32. The maximum absolute atomic E-state index is 5.39. The van der Waals surface area contributed by atoms with Crippen LogP contribution in [-0.4, -0.2) is 57.5 Å². The Labute approximate surface area is 190 Å². The summed E-state index contributed by atoms with van der Waals surface area (Å²) in [6.07, 6.45) is 1.09. The van der Waals surface area contributed by atoms with Gasteiger partial charge in [0.1, 0.15) is 11.6 Å². The van der Waals surface area contributed by atoms with E-state index in [-0.39, 0.29) is 0 Å². The third-order valence-electron chi connectivity index (χ3n) is 5.25. The molecule has 0 spiro atoms. The topological polar surface area (TPSA) is 68.7 Å². The first-order valence-corrected chi connectivity index (χ1v) is 10.8. The van der Waals surface area contributed by atoms with Gasteiger partial charge in [0.05, 0.1) is 33.1 Å². The van der Waals surface area contributed by atoms with Gasteiger partial charge >= 0.3 is 6.01 Å². The van der Waals surface area contributed by atoms with E-state index in [1.165, 1.54) is 11.3 Å². The number of nitrogens with one attached hydrogen (secondary N) is 1. The lowest BCUT2D eigenvalue weighted by Crippen LogP contribution is -2.36. The van der Waals surface area contributed by atoms with E-state index in [9.17, 15) is 0 Å². The van der Waals surface area contributed by atoms with E-state index in [2.05, 4.69) is 63.5 Å². The number of ether oxygens (including phenoxy) is 3. The van der Waals surface area contributed by atoms with E-state index in [4.69, 9.17) is 14.2 Å². The quantitative estimate of drug-likeness (QED) is 0.618. The first-order valence-electron chi connectivity index (χ1n) is 10.8. The zero-order valence-electron chi connectivity index (χ0n) is 19.3. The molecule has 7 heteroatoms. The highest BCUT2D eigenvalue weighted by Gasteiger charge is 2.12. The Kier molecular flexibility index (Phi) is 8.69. The number of morpholine rings is 1. The molecular formula is C25H32N4O3. The van der Waals surface area contributed by atoms with Crippen LogP contribution in [0, 0.1) is 0 Å². The van der Waals surface area contributed by atoms with Crippen molar-refractivity contribution in [3.05, 3.63) is 60.2 Å². The van der Waals surface area contributed by atoms with Gasteiger partial charge in [0.15, 0.2) is 0 Å². The van der Waals surface area contributed by atoms with Crippen molar-refractivity contribution in [2.45, 2.75) is 13.3 Å². The standard InChI is InChI=1S/C16H20N4O2.C9H12O/c1-17-15-11-14(18-16(19-15)21-2)12-3-5-13(6-4-12)20-7-9-22-10-8-20;1-3-8-4-6-9(10-2)7-5-8/h3-6,11H,7-10H2,1-2H3,(H,17,18,19);4-7H,3H2,1-2H3. The summed E-state index contributed by atoms with van der Waals surface area (Å²) in [5, 5.41) is 3.02. The molecule has 1 N–H and O–H groups in total. The monoisotopic (exact) mass is 436 g/mol. The van der Waals surface area contributed by atoms with Crippen LogP contribution in [0.2, 0.25) is 0 Å². The van der Waals surface area contributed by atoms with Crippen molar-refractivity contribution >= 4 is 11.5 Å². The maximum Gasteiger partial charge on any atom is 0.318 e. The molecule has 2 heterocycles. The highest BCUT2D eigenvalue weighted by molar-refractivity contribution is 5.66. The molecule has 0 atom stereocenters. The molecule has 170 valence electrons. The molecule has 0 unspecified atom stereocenters. The van der Waals surface area contributed by atoms with Crippen LogP contribution in [0.4, 0.5) is 11.5 Å². The number of anilines is 2. The summed E-state index contributed by atoms with van der Waals surface area (Å²) in [7, 11) is 5.08. The van der Waals surface area contributed by atoms with Gasteiger partial charge in [-0.05, 0) is 36.2 Å². The highest BCUT2D eigenvalue weighted by Crippen LogP contribution is 2.25. The Morgan fingerprint density at radius 2 is 1.62 bits per heavy atom. The largest absolute Gasteiger partial charge is 0.497 e. The van der Waals surface area contributed by atoms with E-state index < -0.39 is 0 Å². The molecule has 1 saturated heterocycles. The Balaban J connectivity index is 0.000000243. The second-order valence-corrected chi connectivity index (χ2v) is 7.22. The van der Waals surface area contributed by atoms with Crippen LogP contribution in [0.15, 0.2) is 54.6 Å². The van der Waals surface area contributed by atoms with Crippen LogP contribution in [0.25, 0.3) is 11.3 Å². The van der Waals surface area contributed by atoms with Gasteiger partial charge in [-0.25, -0.2) is 0 Å². The zero-order chi connectivity index (χ0) is 22.8. The number of aryl methyl sites for hydroxylation is 1. The smallest absolute Gasteiger partial charge is 0.318 e. The number of nitrogens with zero attached hydrogens (tertiary/aromatic N) is 3. The molecule has 1 fully saturated rings. The second kappa shape index (κ2) is 11.9. The van der Waals surface area contributed by atoms with Crippen LogP contribution < -0.4 is 19.7 Å². The molecule has 4 rings (SSSR count). The van der Waals surface area contributed by atoms with Gasteiger partial charge in [-0.3, -0.25) is 0 Å². The zero-order valence-corrected chi connectivity index (χ0v) is 19.3. The molecule has 1 aliphatic heterocycles. The van der Waals surface area contributed by atoms with Gasteiger partial charge in [0, 0.05) is 37.5 Å². The number of methoxy groups -OCH3 is 2. The predicted octanol–water partition coefficient (Wildman–Crippen LogP) is 4.29. The molecule has 3 aromatic rings. The van der Waals surface area contributed by atoms with Crippen LogP contribution in [-0.2, 0) is 11.2 Å². The van der Waals surface area contributed by atoms with Gasteiger partial charge < -0.3 is 24.4 Å². The summed E-state index contributed by atoms with van der Waals surface area (Å²) >= 11 is 0. The van der Waals surface area contributed by atoms with Crippen molar-refractivity contribution in [1.29, 1.82) is 0 Å². The summed E-state index contributed by atoms with van der Waals surface area (Å²) in [5.74, 6) is 1.66. The average molecular weight is 437 g/mol. The van der Waals surface area contributed by atoms with Crippen LogP contribution in [0.3, 0.4) is 0 Å². The Hall–Kier alpha value is -3.32. The minimum atomic E-state index is 0.360. The molecule has 0 amide bonds. The molecule has 1 aliphatic rings. The second-order valence-electron chi connectivity index (χ2n) is 7.22. The van der Waals surface area contributed by atoms with Crippen molar-refractivity contribution in [2.24, 2.45) is 0 Å². The van der Waals surface area contributed by atoms with E-state index in [1.807, 2.05) is 25.2 Å². The normalized spacial score (nSPS) is 13.1. The van der Waals surface area contributed by atoms with E-state index in [1.54, 1.807) is 14.2 Å². The number of benzene rings is 2. The van der Waals surface area contributed by atoms with Crippen LogP contribution in [0.1, 0.15) is 12.5 Å². The van der Waals surface area contributed by atoms with Crippen LogP contribution in [0.5, 0.6) is 11.8 Å². The summed E-state index contributed by atoms with van der Waals surface area (Å²) in [6, 6.07) is 18.8. The maximum atomic E-state index is 5.39. The molecule has 7 nitrogen and oxygen atoms in total. The Morgan fingerprint density at radius 3 is 2.19 bits per heavy atom. The SMILES string of the molecule is CCc1ccc(OC)cc1.CNc1cc(-c2ccc(N3CCOCC3)cc2)nc(OC)n1. The number of hydrogen-bond acceptors (Lipinski definition) is 7. The van der Waals surface area contributed by atoms with E-state index >= 15 is 0 Å². The third kappa shape index (κ3) is 6.34. The van der Waals surface area contributed by atoms with Crippen molar-refractivity contribution in [1.82, 2.24) is 9.97 Å². The first-order chi connectivity index (χ1) is 15.7. The van der Waals surface area contributed by atoms with Gasteiger partial charge in [-0.15, -0.1) is 0 Å². The molecule has 1 aromatic heterocycles. The summed E-state index contributed by atoms with van der Waals surface area (Å²) in [4.78, 5) is 11.0. The molecular weight excluding hydrogens is 404 g/mol. The Morgan fingerprint density at radius 1 is 0.938 bits per heavy atom. The lowest BCUT2D eigenvalue weighted by Gasteiger charge is -2.28. The first kappa shape index (κ1) is 23.3. The van der Waals surface area contributed by atoms with Crippen LogP contribution >= 0.6 is 0 Å². The fraction of sp³-hybridized carbons (Fsp3) is 0.360. The lowest BCUT2D eigenvalue weighted by atomic mass is 10.1. The van der Waals surface area contributed by atoms with Crippen molar-refractivity contribution in [3.8, 4) is 23.0 Å². The summed E-state index contributed by atoms with van der Waals surface area (Å²) < 4.78 is 15.6. The van der Waals surface area contributed by atoms with Gasteiger partial charge in [-0.2, -0.15) is 9.97 Å². The molecule has 0 aliphatic carbocycles. The summed E-state index contributed by atoms with van der Waals surface area (Å²) in [6.45, 7) is 5.59.